The Balaban J connectivity index is 1.38. The van der Waals surface area contributed by atoms with Crippen LogP contribution in [-0.4, -0.2) is 54.3 Å². The number of aryl methyl sites for hydroxylation is 1. The summed E-state index contributed by atoms with van der Waals surface area (Å²) in [7, 11) is -3.66. The van der Waals surface area contributed by atoms with E-state index in [1.54, 1.807) is 17.2 Å². The number of furan rings is 1. The zero-order valence-electron chi connectivity index (χ0n) is 19.1. The van der Waals surface area contributed by atoms with Gasteiger partial charge in [-0.3, -0.25) is 4.79 Å². The van der Waals surface area contributed by atoms with Crippen molar-refractivity contribution in [1.82, 2.24) is 13.8 Å². The van der Waals surface area contributed by atoms with Gasteiger partial charge in [0.1, 0.15) is 5.76 Å². The molecular formula is C25H26N4O4S. The largest absolute Gasteiger partial charge is 0.467 e. The van der Waals surface area contributed by atoms with Crippen molar-refractivity contribution in [3.8, 4) is 6.07 Å². The molecule has 0 spiro atoms. The van der Waals surface area contributed by atoms with Gasteiger partial charge in [-0.25, -0.2) is 8.42 Å². The van der Waals surface area contributed by atoms with Crippen LogP contribution in [0.1, 0.15) is 28.3 Å². The standard InChI is InChI=1S/C25H26N4O4S/c1-19-16-22(20(2)29(19)18-23-4-3-15-33-23)7-10-25(30)27-11-13-28(14-12-27)34(31,32)24-8-5-21(17-26)6-9-24/h3-10,15-16H,11-14,18H2,1-2H3. The predicted molar refractivity (Wildman–Crippen MR) is 127 cm³/mol. The van der Waals surface area contributed by atoms with E-state index in [-0.39, 0.29) is 23.9 Å². The highest BCUT2D eigenvalue weighted by Crippen LogP contribution is 2.20. The Morgan fingerprint density at radius 3 is 2.44 bits per heavy atom. The zero-order chi connectivity index (χ0) is 24.3. The van der Waals surface area contributed by atoms with E-state index in [2.05, 4.69) is 4.57 Å². The molecule has 0 unspecified atom stereocenters. The minimum atomic E-state index is -3.66. The van der Waals surface area contributed by atoms with Gasteiger partial charge < -0.3 is 13.9 Å². The van der Waals surface area contributed by atoms with Crippen LogP contribution in [0.2, 0.25) is 0 Å². The lowest BCUT2D eigenvalue weighted by molar-refractivity contribution is -0.127. The van der Waals surface area contributed by atoms with Crippen LogP contribution in [0.3, 0.4) is 0 Å². The Labute approximate surface area is 199 Å². The summed E-state index contributed by atoms with van der Waals surface area (Å²) >= 11 is 0. The van der Waals surface area contributed by atoms with Crippen molar-refractivity contribution in [2.24, 2.45) is 0 Å². The second-order valence-electron chi connectivity index (χ2n) is 8.19. The fourth-order valence-electron chi connectivity index (χ4n) is 4.06. The van der Waals surface area contributed by atoms with Crippen molar-refractivity contribution in [3.63, 3.8) is 0 Å². The maximum Gasteiger partial charge on any atom is 0.246 e. The van der Waals surface area contributed by atoms with Crippen molar-refractivity contribution in [2.75, 3.05) is 26.2 Å². The Morgan fingerprint density at radius 1 is 1.12 bits per heavy atom. The van der Waals surface area contributed by atoms with Crippen molar-refractivity contribution in [1.29, 1.82) is 5.26 Å². The number of piperazine rings is 1. The smallest absolute Gasteiger partial charge is 0.246 e. The van der Waals surface area contributed by atoms with E-state index in [1.165, 1.54) is 28.6 Å². The second kappa shape index (κ2) is 9.71. The van der Waals surface area contributed by atoms with E-state index in [9.17, 15) is 13.2 Å². The third kappa shape index (κ3) is 4.83. The number of nitrogens with zero attached hydrogens (tertiary/aromatic N) is 4. The Bertz CT molecular complexity index is 1340. The quantitative estimate of drug-likeness (QED) is 0.507. The molecule has 0 aliphatic carbocycles. The fourth-order valence-corrected chi connectivity index (χ4v) is 5.49. The number of benzene rings is 1. The third-order valence-corrected chi connectivity index (χ3v) is 8.00. The fraction of sp³-hybridized carbons (Fsp3) is 0.280. The maximum absolute atomic E-state index is 12.9. The number of carbonyl (C=O) groups excluding carboxylic acids is 1. The monoisotopic (exact) mass is 478 g/mol. The Kier molecular flexibility index (Phi) is 6.72. The van der Waals surface area contributed by atoms with E-state index in [0.29, 0.717) is 25.2 Å². The first-order valence-corrected chi connectivity index (χ1v) is 12.4. The van der Waals surface area contributed by atoms with Gasteiger partial charge in [0.2, 0.25) is 15.9 Å². The molecule has 2 aromatic heterocycles. The molecule has 1 aromatic carbocycles. The summed E-state index contributed by atoms with van der Waals surface area (Å²) in [5.41, 5.74) is 3.47. The molecule has 1 fully saturated rings. The summed E-state index contributed by atoms with van der Waals surface area (Å²) in [6.07, 6.45) is 5.01. The van der Waals surface area contributed by atoms with Crippen molar-refractivity contribution >= 4 is 22.0 Å². The predicted octanol–water partition coefficient (Wildman–Crippen LogP) is 3.16. The van der Waals surface area contributed by atoms with Crippen molar-refractivity contribution < 1.29 is 17.6 Å². The Hall–Kier alpha value is -3.61. The number of hydrogen-bond donors (Lipinski definition) is 0. The van der Waals surface area contributed by atoms with Crippen molar-refractivity contribution in [3.05, 3.63) is 83.1 Å². The number of aromatic nitrogens is 1. The summed E-state index contributed by atoms with van der Waals surface area (Å²) in [5, 5.41) is 8.90. The third-order valence-electron chi connectivity index (χ3n) is 6.08. The summed E-state index contributed by atoms with van der Waals surface area (Å²) in [6.45, 7) is 5.73. The van der Waals surface area contributed by atoms with Crippen LogP contribution in [0.15, 0.2) is 64.1 Å². The SMILES string of the molecule is Cc1cc(C=CC(=O)N2CCN(S(=O)(=O)c3ccc(C#N)cc3)CC2)c(C)n1Cc1ccco1. The first-order valence-electron chi connectivity index (χ1n) is 11.0. The lowest BCUT2D eigenvalue weighted by Crippen LogP contribution is -2.50. The number of sulfonamides is 1. The molecule has 0 N–H and O–H groups in total. The van der Waals surface area contributed by atoms with E-state index in [0.717, 1.165) is 22.7 Å². The molecule has 0 bridgehead atoms. The average Bonchev–Trinajstić information content (AvgIpc) is 3.46. The van der Waals surface area contributed by atoms with Gasteiger partial charge in [0.05, 0.1) is 29.3 Å². The minimum absolute atomic E-state index is 0.147. The highest BCUT2D eigenvalue weighted by Gasteiger charge is 2.29. The summed E-state index contributed by atoms with van der Waals surface area (Å²) in [4.78, 5) is 14.6. The van der Waals surface area contributed by atoms with Gasteiger partial charge in [0.25, 0.3) is 0 Å². The summed E-state index contributed by atoms with van der Waals surface area (Å²) in [6, 6.07) is 13.7. The van der Waals surface area contributed by atoms with Crippen LogP contribution in [0.5, 0.6) is 0 Å². The highest BCUT2D eigenvalue weighted by atomic mass is 32.2. The molecule has 1 amide bonds. The van der Waals surface area contributed by atoms with Crippen LogP contribution in [0, 0.1) is 25.2 Å². The molecular weight excluding hydrogens is 452 g/mol. The van der Waals surface area contributed by atoms with Crippen LogP contribution in [0.25, 0.3) is 6.08 Å². The maximum atomic E-state index is 12.9. The molecule has 0 radical (unpaired) electrons. The van der Waals surface area contributed by atoms with E-state index in [1.807, 2.05) is 44.2 Å². The lowest BCUT2D eigenvalue weighted by atomic mass is 10.2. The van der Waals surface area contributed by atoms with E-state index >= 15 is 0 Å². The van der Waals surface area contributed by atoms with Crippen LogP contribution in [0.4, 0.5) is 0 Å². The van der Waals surface area contributed by atoms with Crippen LogP contribution < -0.4 is 0 Å². The van der Waals surface area contributed by atoms with Crippen LogP contribution >= 0.6 is 0 Å². The normalized spacial score (nSPS) is 15.0. The van der Waals surface area contributed by atoms with Crippen molar-refractivity contribution in [2.45, 2.75) is 25.3 Å². The lowest BCUT2D eigenvalue weighted by Gasteiger charge is -2.33. The number of hydrogen-bond acceptors (Lipinski definition) is 5. The van der Waals surface area contributed by atoms with Gasteiger partial charge in [-0.2, -0.15) is 9.57 Å². The number of amides is 1. The average molecular weight is 479 g/mol. The molecule has 0 saturated carbocycles. The molecule has 0 atom stereocenters. The zero-order valence-corrected chi connectivity index (χ0v) is 20.0. The number of rotatable bonds is 6. The number of nitriles is 1. The molecule has 1 aliphatic rings. The first-order chi connectivity index (χ1) is 16.3. The molecule has 4 rings (SSSR count). The van der Waals surface area contributed by atoms with Gasteiger partial charge >= 0.3 is 0 Å². The van der Waals surface area contributed by atoms with Gasteiger partial charge in [0, 0.05) is 43.6 Å². The molecule has 1 saturated heterocycles. The Morgan fingerprint density at radius 2 is 1.82 bits per heavy atom. The van der Waals surface area contributed by atoms with Gasteiger partial charge in [-0.05, 0) is 68.0 Å². The van der Waals surface area contributed by atoms with Gasteiger partial charge in [0.15, 0.2) is 0 Å². The van der Waals surface area contributed by atoms with Crippen LogP contribution in [-0.2, 0) is 21.4 Å². The molecule has 3 aromatic rings. The molecule has 34 heavy (non-hydrogen) atoms. The molecule has 9 heteroatoms. The number of carbonyl (C=O) groups is 1. The second-order valence-corrected chi connectivity index (χ2v) is 10.1. The first kappa shape index (κ1) is 23.5. The highest BCUT2D eigenvalue weighted by molar-refractivity contribution is 7.89. The van der Waals surface area contributed by atoms with E-state index < -0.39 is 10.0 Å². The summed E-state index contributed by atoms with van der Waals surface area (Å²) in [5.74, 6) is 0.716. The molecule has 176 valence electrons. The van der Waals surface area contributed by atoms with Gasteiger partial charge in [-0.1, -0.05) is 0 Å². The molecule has 8 nitrogen and oxygen atoms in total. The minimum Gasteiger partial charge on any atom is -0.467 e. The molecule has 3 heterocycles. The topological polar surface area (TPSA) is 99.5 Å². The summed E-state index contributed by atoms with van der Waals surface area (Å²) < 4.78 is 34.7. The molecule has 1 aliphatic heterocycles. The van der Waals surface area contributed by atoms with E-state index in [4.69, 9.17) is 9.68 Å². The van der Waals surface area contributed by atoms with Gasteiger partial charge in [-0.15, -0.1) is 0 Å².